The van der Waals surface area contributed by atoms with Gasteiger partial charge in [0.2, 0.25) is 5.91 Å². The van der Waals surface area contributed by atoms with E-state index in [1.807, 2.05) is 50.2 Å². The molecule has 0 saturated carbocycles. The predicted molar refractivity (Wildman–Crippen MR) is 103 cm³/mol. The Morgan fingerprint density at radius 3 is 2.28 bits per heavy atom. The topological polar surface area (TPSA) is 38.3 Å². The second-order valence-corrected chi connectivity index (χ2v) is 7.49. The maximum absolute atomic E-state index is 12.6. The number of rotatable bonds is 7. The van der Waals surface area contributed by atoms with E-state index < -0.39 is 0 Å². The highest BCUT2D eigenvalue weighted by Crippen LogP contribution is 2.21. The fraction of sp³-hybridized carbons (Fsp3) is 0.409. The fourth-order valence-electron chi connectivity index (χ4n) is 2.94. The molecule has 134 valence electrons. The highest BCUT2D eigenvalue weighted by molar-refractivity contribution is 5.80. The molecule has 0 aliphatic carbocycles. The minimum atomic E-state index is -0.308. The van der Waals surface area contributed by atoms with E-state index in [-0.39, 0.29) is 17.6 Å². The van der Waals surface area contributed by atoms with Crippen LogP contribution in [0.15, 0.2) is 48.5 Å². The van der Waals surface area contributed by atoms with Gasteiger partial charge in [-0.3, -0.25) is 4.79 Å². The lowest BCUT2D eigenvalue weighted by molar-refractivity contribution is -0.122. The number of nitrogens with one attached hydrogen (secondary N) is 1. The number of carbonyl (C=O) groups is 1. The summed E-state index contributed by atoms with van der Waals surface area (Å²) in [4.78, 5) is 12.6. The van der Waals surface area contributed by atoms with Gasteiger partial charge in [0.15, 0.2) is 0 Å². The van der Waals surface area contributed by atoms with Crippen molar-refractivity contribution in [2.45, 2.75) is 59.1 Å². The molecule has 0 heterocycles. The number of benzene rings is 2. The summed E-state index contributed by atoms with van der Waals surface area (Å²) in [5.41, 5.74) is 3.12. The molecular weight excluding hydrogens is 310 g/mol. The molecule has 0 unspecified atom stereocenters. The van der Waals surface area contributed by atoms with Gasteiger partial charge in [0.1, 0.15) is 5.75 Å². The van der Waals surface area contributed by atoms with Crippen LogP contribution in [0.4, 0.5) is 0 Å². The van der Waals surface area contributed by atoms with Gasteiger partial charge in [-0.05, 0) is 58.2 Å². The van der Waals surface area contributed by atoms with Crippen LogP contribution in [0.3, 0.4) is 0 Å². The maximum atomic E-state index is 12.6. The summed E-state index contributed by atoms with van der Waals surface area (Å²) in [6.07, 6.45) is 1.21. The summed E-state index contributed by atoms with van der Waals surface area (Å²) in [5, 5.41) is 3.17. The van der Waals surface area contributed by atoms with Gasteiger partial charge in [0.25, 0.3) is 0 Å². The number of para-hydroxylation sites is 1. The molecule has 25 heavy (non-hydrogen) atoms. The lowest BCUT2D eigenvalue weighted by Crippen LogP contribution is -2.45. The Hall–Kier alpha value is -2.29. The van der Waals surface area contributed by atoms with Crippen LogP contribution in [0, 0.1) is 6.92 Å². The number of hydrogen-bond acceptors (Lipinski definition) is 2. The van der Waals surface area contributed by atoms with Crippen molar-refractivity contribution in [2.75, 3.05) is 0 Å². The Morgan fingerprint density at radius 1 is 1.04 bits per heavy atom. The van der Waals surface area contributed by atoms with E-state index in [9.17, 15) is 4.79 Å². The molecule has 0 spiro atoms. The number of carbonyl (C=O) groups excluding carboxylic acids is 1. The van der Waals surface area contributed by atoms with Crippen LogP contribution >= 0.6 is 0 Å². The molecule has 1 amide bonds. The quantitative estimate of drug-likeness (QED) is 0.808. The number of ether oxygens (including phenoxy) is 1. The van der Waals surface area contributed by atoms with Crippen LogP contribution in [-0.4, -0.2) is 17.6 Å². The van der Waals surface area contributed by atoms with Crippen LogP contribution in [-0.2, 0) is 17.6 Å². The Kier molecular flexibility index (Phi) is 6.24. The molecule has 0 aromatic heterocycles. The predicted octanol–water partition coefficient (Wildman–Crippen LogP) is 4.46. The largest absolute Gasteiger partial charge is 0.491 e. The SMILES string of the molecule is Cc1ccccc1CC(C)(C)NC(=O)Cc1ccccc1OC(C)C. The third-order valence-electron chi connectivity index (χ3n) is 4.06. The number of aryl methyl sites for hydroxylation is 1. The zero-order valence-corrected chi connectivity index (χ0v) is 15.9. The highest BCUT2D eigenvalue weighted by atomic mass is 16.5. The lowest BCUT2D eigenvalue weighted by atomic mass is 9.92. The van der Waals surface area contributed by atoms with Crippen molar-refractivity contribution >= 4 is 5.91 Å². The third kappa shape index (κ3) is 5.93. The first-order valence-corrected chi connectivity index (χ1v) is 8.87. The molecule has 0 saturated heterocycles. The summed E-state index contributed by atoms with van der Waals surface area (Å²) in [5.74, 6) is 0.794. The second kappa shape index (κ2) is 8.19. The van der Waals surface area contributed by atoms with E-state index in [4.69, 9.17) is 4.74 Å². The average Bonchev–Trinajstić information content (AvgIpc) is 2.50. The van der Waals surface area contributed by atoms with Crippen molar-refractivity contribution in [2.24, 2.45) is 0 Å². The van der Waals surface area contributed by atoms with E-state index in [0.717, 1.165) is 17.7 Å². The van der Waals surface area contributed by atoms with E-state index in [2.05, 4.69) is 38.2 Å². The molecule has 2 aromatic rings. The molecule has 0 bridgehead atoms. The average molecular weight is 339 g/mol. The van der Waals surface area contributed by atoms with Crippen LogP contribution in [0.25, 0.3) is 0 Å². The van der Waals surface area contributed by atoms with E-state index in [0.29, 0.717) is 6.42 Å². The summed E-state index contributed by atoms with van der Waals surface area (Å²) in [7, 11) is 0. The Labute approximate surface area is 151 Å². The minimum Gasteiger partial charge on any atom is -0.491 e. The normalized spacial score (nSPS) is 11.4. The lowest BCUT2D eigenvalue weighted by Gasteiger charge is -2.27. The van der Waals surface area contributed by atoms with Crippen molar-refractivity contribution in [3.63, 3.8) is 0 Å². The molecule has 2 rings (SSSR count). The molecule has 3 heteroatoms. The number of amides is 1. The first-order valence-electron chi connectivity index (χ1n) is 8.87. The van der Waals surface area contributed by atoms with Gasteiger partial charge in [0, 0.05) is 11.1 Å². The van der Waals surface area contributed by atoms with Crippen molar-refractivity contribution in [3.8, 4) is 5.75 Å². The molecule has 1 N–H and O–H groups in total. The van der Waals surface area contributed by atoms with Gasteiger partial charge in [0.05, 0.1) is 12.5 Å². The first-order chi connectivity index (χ1) is 11.8. The minimum absolute atomic E-state index is 0.0124. The molecular formula is C22H29NO2. The van der Waals surface area contributed by atoms with E-state index in [1.54, 1.807) is 0 Å². The smallest absolute Gasteiger partial charge is 0.224 e. The number of hydrogen-bond donors (Lipinski definition) is 1. The summed E-state index contributed by atoms with van der Waals surface area (Å²) >= 11 is 0. The van der Waals surface area contributed by atoms with Crippen LogP contribution < -0.4 is 10.1 Å². The summed E-state index contributed by atoms with van der Waals surface area (Å²) in [6.45, 7) is 10.2. The van der Waals surface area contributed by atoms with E-state index >= 15 is 0 Å². The van der Waals surface area contributed by atoms with Gasteiger partial charge in [-0.1, -0.05) is 42.5 Å². The van der Waals surface area contributed by atoms with Gasteiger partial charge >= 0.3 is 0 Å². The summed E-state index contributed by atoms with van der Waals surface area (Å²) < 4.78 is 5.81. The second-order valence-electron chi connectivity index (χ2n) is 7.49. The Balaban J connectivity index is 2.03. The van der Waals surface area contributed by atoms with Crippen LogP contribution in [0.5, 0.6) is 5.75 Å². The summed E-state index contributed by atoms with van der Waals surface area (Å²) in [6, 6.07) is 16.0. The van der Waals surface area contributed by atoms with Gasteiger partial charge in [-0.25, -0.2) is 0 Å². The van der Waals surface area contributed by atoms with Crippen molar-refractivity contribution in [1.29, 1.82) is 0 Å². The highest BCUT2D eigenvalue weighted by Gasteiger charge is 2.22. The van der Waals surface area contributed by atoms with Crippen LogP contribution in [0.1, 0.15) is 44.4 Å². The Morgan fingerprint density at radius 2 is 1.64 bits per heavy atom. The van der Waals surface area contributed by atoms with Gasteiger partial charge in [-0.15, -0.1) is 0 Å². The zero-order chi connectivity index (χ0) is 18.4. The standard InChI is InChI=1S/C22H29NO2/c1-16(2)25-20-13-9-8-11-18(20)14-21(24)23-22(4,5)15-19-12-7-6-10-17(19)3/h6-13,16H,14-15H2,1-5H3,(H,23,24). The molecule has 0 fully saturated rings. The molecule has 0 atom stereocenters. The molecule has 2 aromatic carbocycles. The molecule has 3 nitrogen and oxygen atoms in total. The van der Waals surface area contributed by atoms with Crippen molar-refractivity contribution < 1.29 is 9.53 Å². The monoisotopic (exact) mass is 339 g/mol. The molecule has 0 aliphatic rings. The molecule has 0 aliphatic heterocycles. The van der Waals surface area contributed by atoms with Crippen LogP contribution in [0.2, 0.25) is 0 Å². The van der Waals surface area contributed by atoms with Crippen molar-refractivity contribution in [1.82, 2.24) is 5.32 Å². The molecule has 0 radical (unpaired) electrons. The first kappa shape index (κ1) is 19.0. The Bertz CT molecular complexity index is 719. The third-order valence-corrected chi connectivity index (χ3v) is 4.06. The maximum Gasteiger partial charge on any atom is 0.224 e. The fourth-order valence-corrected chi connectivity index (χ4v) is 2.94. The van der Waals surface area contributed by atoms with E-state index in [1.165, 1.54) is 11.1 Å². The zero-order valence-electron chi connectivity index (χ0n) is 15.9. The van der Waals surface area contributed by atoms with Gasteiger partial charge < -0.3 is 10.1 Å². The van der Waals surface area contributed by atoms with Crippen molar-refractivity contribution in [3.05, 3.63) is 65.2 Å². The van der Waals surface area contributed by atoms with Gasteiger partial charge in [-0.2, -0.15) is 0 Å².